The summed E-state index contributed by atoms with van der Waals surface area (Å²) in [6.45, 7) is 5.32. The second kappa shape index (κ2) is 12.5. The molecule has 2 aromatic rings. The first-order chi connectivity index (χ1) is 19.3. The minimum Gasteiger partial charge on any atom is -0.507 e. The van der Waals surface area contributed by atoms with E-state index in [1.165, 1.54) is 33.5 Å². The van der Waals surface area contributed by atoms with Crippen molar-refractivity contribution < 1.29 is 32.6 Å². The summed E-state index contributed by atoms with van der Waals surface area (Å²) >= 11 is 3.43. The van der Waals surface area contributed by atoms with Gasteiger partial charge in [-0.2, -0.15) is 4.31 Å². The van der Waals surface area contributed by atoms with Crippen LogP contribution in [-0.2, 0) is 29.1 Å². The van der Waals surface area contributed by atoms with E-state index in [0.29, 0.717) is 45.0 Å². The Balaban J connectivity index is 1.44. The molecule has 40 heavy (non-hydrogen) atoms. The van der Waals surface area contributed by atoms with E-state index < -0.39 is 27.8 Å². The molecule has 0 aromatic heterocycles. The maximum absolute atomic E-state index is 13.3. The molecule has 2 aromatic carbocycles. The van der Waals surface area contributed by atoms with Crippen molar-refractivity contribution in [3.8, 4) is 0 Å². The molecule has 5 rings (SSSR count). The van der Waals surface area contributed by atoms with Gasteiger partial charge < -0.3 is 19.5 Å². The summed E-state index contributed by atoms with van der Waals surface area (Å²) in [6.07, 6.45) is 0.661. The SMILES string of the molecule is O=C1C(=O)N(CCCN2CCOCC2)C(c2ccc(Br)cc2)/C1=C(\O)c1ccc(S(=O)(=O)N2CCOCC2)cc1. The maximum atomic E-state index is 13.3. The molecular weight excluding hydrogens is 602 g/mol. The van der Waals surface area contributed by atoms with Crippen LogP contribution in [0.1, 0.15) is 23.6 Å². The molecule has 0 spiro atoms. The topological polar surface area (TPSA) is 117 Å². The van der Waals surface area contributed by atoms with Gasteiger partial charge in [-0.05, 0) is 48.4 Å². The van der Waals surface area contributed by atoms with Gasteiger partial charge in [0, 0.05) is 49.3 Å². The number of amides is 1. The van der Waals surface area contributed by atoms with Gasteiger partial charge in [0.2, 0.25) is 10.0 Å². The summed E-state index contributed by atoms with van der Waals surface area (Å²) in [5, 5.41) is 11.4. The predicted molar refractivity (Wildman–Crippen MR) is 151 cm³/mol. The number of likely N-dealkylation sites (tertiary alicyclic amines) is 1. The Hall–Kier alpha value is -2.61. The Morgan fingerprint density at radius 3 is 2.10 bits per heavy atom. The number of Topliss-reactive ketones (excluding diaryl/α,β-unsaturated/α-hetero) is 1. The zero-order chi connectivity index (χ0) is 28.3. The van der Waals surface area contributed by atoms with Crippen molar-refractivity contribution in [2.75, 3.05) is 65.7 Å². The Kier molecular flexibility index (Phi) is 9.03. The minimum atomic E-state index is -3.72. The monoisotopic (exact) mass is 633 g/mol. The number of hydrogen-bond donors (Lipinski definition) is 1. The molecule has 0 saturated carbocycles. The number of halogens is 1. The number of ketones is 1. The first-order valence-corrected chi connectivity index (χ1v) is 15.5. The number of aliphatic hydroxyl groups is 1. The van der Waals surface area contributed by atoms with E-state index in [2.05, 4.69) is 20.8 Å². The van der Waals surface area contributed by atoms with E-state index >= 15 is 0 Å². The zero-order valence-corrected chi connectivity index (χ0v) is 24.4. The van der Waals surface area contributed by atoms with E-state index in [0.717, 1.165) is 24.1 Å². The van der Waals surface area contributed by atoms with Crippen molar-refractivity contribution in [2.24, 2.45) is 0 Å². The number of sulfonamides is 1. The van der Waals surface area contributed by atoms with Crippen molar-refractivity contribution in [2.45, 2.75) is 17.4 Å². The highest BCUT2D eigenvalue weighted by Crippen LogP contribution is 2.40. The van der Waals surface area contributed by atoms with E-state index in [4.69, 9.17) is 9.47 Å². The van der Waals surface area contributed by atoms with E-state index in [9.17, 15) is 23.1 Å². The Morgan fingerprint density at radius 1 is 0.875 bits per heavy atom. The van der Waals surface area contributed by atoms with Crippen LogP contribution in [0, 0.1) is 0 Å². The average molecular weight is 635 g/mol. The molecule has 214 valence electrons. The van der Waals surface area contributed by atoms with Gasteiger partial charge in [-0.1, -0.05) is 28.1 Å². The van der Waals surface area contributed by atoms with Gasteiger partial charge in [0.05, 0.1) is 42.9 Å². The molecule has 3 fully saturated rings. The lowest BCUT2D eigenvalue weighted by molar-refractivity contribution is -0.140. The van der Waals surface area contributed by atoms with Gasteiger partial charge >= 0.3 is 0 Å². The summed E-state index contributed by atoms with van der Waals surface area (Å²) in [6, 6.07) is 12.3. The van der Waals surface area contributed by atoms with Gasteiger partial charge in [-0.3, -0.25) is 14.5 Å². The zero-order valence-electron chi connectivity index (χ0n) is 22.0. The van der Waals surface area contributed by atoms with Crippen molar-refractivity contribution in [3.63, 3.8) is 0 Å². The number of aliphatic hydroxyl groups excluding tert-OH is 1. The summed E-state index contributed by atoms with van der Waals surface area (Å²) < 4.78 is 38.9. The third kappa shape index (κ3) is 6.02. The van der Waals surface area contributed by atoms with Crippen molar-refractivity contribution in [3.05, 3.63) is 69.7 Å². The van der Waals surface area contributed by atoms with Crippen LogP contribution < -0.4 is 0 Å². The standard InChI is InChI=1S/C28H32BrN3O7S/c29-22-6-2-20(3-7-22)25-24(27(34)28(35)32(25)11-1-10-30-12-16-38-17-13-30)26(33)21-4-8-23(9-5-21)40(36,37)31-14-18-39-19-15-31/h2-9,25,33H,1,10-19H2/b26-24+. The Bertz CT molecular complexity index is 1370. The van der Waals surface area contributed by atoms with Gasteiger partial charge in [-0.25, -0.2) is 8.42 Å². The number of carbonyl (C=O) groups is 2. The summed E-state index contributed by atoms with van der Waals surface area (Å²) in [5.74, 6) is -1.76. The molecule has 12 heteroatoms. The van der Waals surface area contributed by atoms with E-state index in [-0.39, 0.29) is 34.9 Å². The predicted octanol–water partition coefficient (Wildman–Crippen LogP) is 2.61. The van der Waals surface area contributed by atoms with Crippen molar-refractivity contribution >= 4 is 43.4 Å². The van der Waals surface area contributed by atoms with Crippen LogP contribution >= 0.6 is 15.9 Å². The molecule has 3 heterocycles. The number of carbonyl (C=O) groups excluding carboxylic acids is 2. The molecule has 10 nitrogen and oxygen atoms in total. The normalized spacial score (nSPS) is 22.6. The van der Waals surface area contributed by atoms with Crippen molar-refractivity contribution in [1.29, 1.82) is 0 Å². The quantitative estimate of drug-likeness (QED) is 0.268. The number of hydrogen-bond acceptors (Lipinski definition) is 8. The number of nitrogens with zero attached hydrogens (tertiary/aromatic N) is 3. The largest absolute Gasteiger partial charge is 0.507 e. The molecular formula is C28H32BrN3O7S. The fourth-order valence-electron chi connectivity index (χ4n) is 5.27. The van der Waals surface area contributed by atoms with Gasteiger partial charge in [0.25, 0.3) is 11.7 Å². The number of morpholine rings is 2. The molecule has 0 radical (unpaired) electrons. The van der Waals surface area contributed by atoms with Crippen LogP contribution in [0.25, 0.3) is 5.76 Å². The first-order valence-electron chi connectivity index (χ1n) is 13.3. The van der Waals surface area contributed by atoms with E-state index in [1.54, 1.807) is 0 Å². The van der Waals surface area contributed by atoms with Crippen LogP contribution in [-0.4, -0.2) is 105 Å². The third-order valence-corrected chi connectivity index (χ3v) is 9.88. The molecule has 3 aliphatic rings. The molecule has 1 atom stereocenters. The minimum absolute atomic E-state index is 0.0116. The molecule has 0 bridgehead atoms. The molecule has 1 amide bonds. The van der Waals surface area contributed by atoms with Crippen LogP contribution in [0.2, 0.25) is 0 Å². The second-order valence-corrected chi connectivity index (χ2v) is 12.7. The van der Waals surface area contributed by atoms with Crippen LogP contribution in [0.4, 0.5) is 0 Å². The van der Waals surface area contributed by atoms with Crippen molar-refractivity contribution in [1.82, 2.24) is 14.1 Å². The fourth-order valence-corrected chi connectivity index (χ4v) is 6.94. The molecule has 1 unspecified atom stereocenters. The molecule has 0 aliphatic carbocycles. The maximum Gasteiger partial charge on any atom is 0.295 e. The van der Waals surface area contributed by atoms with E-state index in [1.807, 2.05) is 24.3 Å². The highest BCUT2D eigenvalue weighted by Gasteiger charge is 2.45. The smallest absolute Gasteiger partial charge is 0.295 e. The molecule has 3 saturated heterocycles. The van der Waals surface area contributed by atoms with Gasteiger partial charge in [0.15, 0.2) is 0 Å². The van der Waals surface area contributed by atoms with Crippen LogP contribution in [0.15, 0.2) is 63.5 Å². The van der Waals surface area contributed by atoms with Crippen LogP contribution in [0.3, 0.4) is 0 Å². The summed E-state index contributed by atoms with van der Waals surface area (Å²) in [4.78, 5) is 30.4. The summed E-state index contributed by atoms with van der Waals surface area (Å²) in [7, 11) is -3.72. The van der Waals surface area contributed by atoms with Crippen LogP contribution in [0.5, 0.6) is 0 Å². The number of rotatable bonds is 8. The first kappa shape index (κ1) is 28.9. The fraction of sp³-hybridized carbons (Fsp3) is 0.429. The highest BCUT2D eigenvalue weighted by molar-refractivity contribution is 9.10. The lowest BCUT2D eigenvalue weighted by Gasteiger charge is -2.29. The molecule has 1 N–H and O–H groups in total. The lowest BCUT2D eigenvalue weighted by atomic mass is 9.95. The highest BCUT2D eigenvalue weighted by atomic mass is 79.9. The lowest BCUT2D eigenvalue weighted by Crippen LogP contribution is -2.40. The Morgan fingerprint density at radius 2 is 1.48 bits per heavy atom. The number of benzene rings is 2. The number of ether oxygens (including phenoxy) is 2. The van der Waals surface area contributed by atoms with Gasteiger partial charge in [-0.15, -0.1) is 0 Å². The van der Waals surface area contributed by atoms with Gasteiger partial charge in [0.1, 0.15) is 5.76 Å². The second-order valence-electron chi connectivity index (χ2n) is 9.89. The summed E-state index contributed by atoms with van der Waals surface area (Å²) in [5.41, 5.74) is 0.943. The molecule has 3 aliphatic heterocycles. The third-order valence-electron chi connectivity index (χ3n) is 7.44. The Labute approximate surface area is 242 Å². The average Bonchev–Trinajstić information content (AvgIpc) is 3.23.